The number of aliphatic hydroxyl groups is 11. The van der Waals surface area contributed by atoms with Gasteiger partial charge in [0.1, 0.15) is 73.2 Å². The number of unbranched alkanes of at least 4 members (excludes halogenated alkanes) is 20. The molecule has 0 aliphatic carbocycles. The molecule has 19 nitrogen and oxygen atoms in total. The topological polar surface area (TPSA) is 307 Å². The lowest BCUT2D eigenvalue weighted by molar-refractivity contribution is -0.379. The lowest BCUT2D eigenvalue weighted by atomic mass is 9.96. The molecule has 3 aliphatic heterocycles. The summed E-state index contributed by atoms with van der Waals surface area (Å²) in [5, 5.41) is 119. The van der Waals surface area contributed by atoms with Crippen LogP contribution in [-0.4, -0.2) is 193 Å². The SMILES string of the molecule is CCCCC/C=C/C(O)C(COC1OC(CO)C(OC2OC(CO)C(OC3OC(CO)C(O)C(O)C3O)C(O)C2O)C(O)C1O)NC(=O)CCCCCCCCCCCCCCCCCCCC. The lowest BCUT2D eigenvalue weighted by Crippen LogP contribution is -2.66. The standard InChI is InChI=1S/C49H91NO18/c1-3-5-7-9-10-11-12-13-14-15-16-17-18-19-20-21-23-25-27-37(55)50-32(33(54)26-24-22-8-6-4-2)31-63-47-43(61)40(58)45(35(29-52)65-47)68-49-44(62)41(59)46(36(30-53)66-49)67-48-42(60)39(57)38(56)34(28-51)64-48/h24,26,32-36,38-49,51-54,56-62H,3-23,25,27-31H2,1-2H3,(H,50,55)/b26-24+. The maximum Gasteiger partial charge on any atom is 0.220 e. The fourth-order valence-corrected chi connectivity index (χ4v) is 8.95. The average molecular weight is 982 g/mol. The molecule has 0 aromatic heterocycles. The second-order valence-electron chi connectivity index (χ2n) is 19.0. The van der Waals surface area contributed by atoms with Crippen LogP contribution in [0.25, 0.3) is 0 Å². The van der Waals surface area contributed by atoms with Gasteiger partial charge >= 0.3 is 0 Å². The van der Waals surface area contributed by atoms with Crippen LogP contribution in [0.2, 0.25) is 0 Å². The number of ether oxygens (including phenoxy) is 6. The molecule has 3 saturated heterocycles. The first-order valence-corrected chi connectivity index (χ1v) is 25.9. The zero-order chi connectivity index (χ0) is 49.8. The van der Waals surface area contributed by atoms with Crippen molar-refractivity contribution in [1.29, 1.82) is 0 Å². The molecule has 0 aromatic carbocycles. The Morgan fingerprint density at radius 3 is 1.38 bits per heavy atom. The summed E-state index contributed by atoms with van der Waals surface area (Å²) < 4.78 is 34.0. The van der Waals surface area contributed by atoms with E-state index in [1.165, 1.54) is 89.9 Å². The summed E-state index contributed by atoms with van der Waals surface area (Å²) in [5.74, 6) is -0.282. The first-order valence-electron chi connectivity index (χ1n) is 25.9. The van der Waals surface area contributed by atoms with Crippen LogP contribution in [0.4, 0.5) is 0 Å². The number of rotatable bonds is 36. The van der Waals surface area contributed by atoms with Gasteiger partial charge in [0.05, 0.1) is 38.6 Å². The molecule has 400 valence electrons. The smallest absolute Gasteiger partial charge is 0.220 e. The normalized spacial score (nSPS) is 33.2. The minimum Gasteiger partial charge on any atom is -0.394 e. The van der Waals surface area contributed by atoms with Gasteiger partial charge in [0.15, 0.2) is 18.9 Å². The zero-order valence-electron chi connectivity index (χ0n) is 40.8. The molecule has 17 unspecified atom stereocenters. The Bertz CT molecular complexity index is 1310. The maximum atomic E-state index is 13.1. The van der Waals surface area contributed by atoms with Crippen LogP contribution < -0.4 is 5.32 Å². The van der Waals surface area contributed by atoms with E-state index in [-0.39, 0.29) is 18.9 Å². The molecular weight excluding hydrogens is 891 g/mol. The maximum absolute atomic E-state index is 13.1. The van der Waals surface area contributed by atoms with E-state index in [0.717, 1.165) is 44.9 Å². The number of nitrogens with one attached hydrogen (secondary N) is 1. The van der Waals surface area contributed by atoms with Gasteiger partial charge in [-0.1, -0.05) is 148 Å². The van der Waals surface area contributed by atoms with Crippen molar-refractivity contribution in [3.63, 3.8) is 0 Å². The quantitative estimate of drug-likeness (QED) is 0.0315. The van der Waals surface area contributed by atoms with E-state index < -0.39 is 124 Å². The van der Waals surface area contributed by atoms with E-state index in [0.29, 0.717) is 6.42 Å². The van der Waals surface area contributed by atoms with Crippen LogP contribution in [0.5, 0.6) is 0 Å². The lowest BCUT2D eigenvalue weighted by Gasteiger charge is -2.48. The number of hydrogen-bond donors (Lipinski definition) is 12. The Kier molecular flexibility index (Phi) is 31.1. The van der Waals surface area contributed by atoms with Crippen molar-refractivity contribution in [2.75, 3.05) is 26.4 Å². The Morgan fingerprint density at radius 1 is 0.515 bits per heavy atom. The molecule has 3 aliphatic rings. The van der Waals surface area contributed by atoms with Gasteiger partial charge in [0, 0.05) is 6.42 Å². The Morgan fingerprint density at radius 2 is 0.912 bits per heavy atom. The van der Waals surface area contributed by atoms with Crippen molar-refractivity contribution in [3.8, 4) is 0 Å². The molecule has 19 heteroatoms. The number of carbonyl (C=O) groups is 1. The first-order chi connectivity index (χ1) is 32.8. The molecule has 3 rings (SSSR count). The molecule has 0 radical (unpaired) electrons. The molecule has 17 atom stereocenters. The third-order valence-electron chi connectivity index (χ3n) is 13.3. The predicted octanol–water partition coefficient (Wildman–Crippen LogP) is 1.87. The van der Waals surface area contributed by atoms with Crippen LogP contribution in [0, 0.1) is 0 Å². The molecule has 68 heavy (non-hydrogen) atoms. The van der Waals surface area contributed by atoms with E-state index >= 15 is 0 Å². The number of aliphatic hydroxyl groups excluding tert-OH is 11. The van der Waals surface area contributed by atoms with Gasteiger partial charge in [0.25, 0.3) is 0 Å². The van der Waals surface area contributed by atoms with Crippen molar-refractivity contribution in [3.05, 3.63) is 12.2 Å². The van der Waals surface area contributed by atoms with Crippen LogP contribution >= 0.6 is 0 Å². The highest BCUT2D eigenvalue weighted by molar-refractivity contribution is 5.76. The molecule has 0 spiro atoms. The Labute approximate surface area is 404 Å². The number of allylic oxidation sites excluding steroid dienone is 1. The minimum absolute atomic E-state index is 0.247. The minimum atomic E-state index is -1.97. The van der Waals surface area contributed by atoms with Crippen molar-refractivity contribution >= 4 is 5.91 Å². The van der Waals surface area contributed by atoms with Gasteiger partial charge < -0.3 is 89.9 Å². The van der Waals surface area contributed by atoms with Gasteiger partial charge in [-0.25, -0.2) is 0 Å². The summed E-state index contributed by atoms with van der Waals surface area (Å²) in [7, 11) is 0. The fraction of sp³-hybridized carbons (Fsp3) is 0.939. The summed E-state index contributed by atoms with van der Waals surface area (Å²) in [6, 6.07) is -0.962. The Hall–Kier alpha value is -1.47. The molecule has 0 bridgehead atoms. The molecule has 12 N–H and O–H groups in total. The van der Waals surface area contributed by atoms with Crippen molar-refractivity contribution < 1.29 is 89.4 Å². The van der Waals surface area contributed by atoms with E-state index in [1.54, 1.807) is 6.08 Å². The highest BCUT2D eigenvalue weighted by Crippen LogP contribution is 2.33. The highest BCUT2D eigenvalue weighted by Gasteiger charge is 2.53. The van der Waals surface area contributed by atoms with Gasteiger partial charge in [-0.3, -0.25) is 4.79 Å². The predicted molar refractivity (Wildman–Crippen MR) is 250 cm³/mol. The summed E-state index contributed by atoms with van der Waals surface area (Å²) in [6.07, 6.45) is 2.86. The number of hydrogen-bond acceptors (Lipinski definition) is 18. The second-order valence-corrected chi connectivity index (χ2v) is 19.0. The highest BCUT2D eigenvalue weighted by atomic mass is 16.8. The largest absolute Gasteiger partial charge is 0.394 e. The summed E-state index contributed by atoms with van der Waals surface area (Å²) in [4.78, 5) is 13.1. The molecule has 3 heterocycles. The number of amides is 1. The van der Waals surface area contributed by atoms with Crippen molar-refractivity contribution in [1.82, 2.24) is 5.32 Å². The van der Waals surface area contributed by atoms with Crippen molar-refractivity contribution in [2.45, 2.75) is 266 Å². The number of carbonyl (C=O) groups excluding carboxylic acids is 1. The van der Waals surface area contributed by atoms with Gasteiger partial charge in [0.2, 0.25) is 5.91 Å². The van der Waals surface area contributed by atoms with Gasteiger partial charge in [-0.2, -0.15) is 0 Å². The van der Waals surface area contributed by atoms with E-state index in [1.807, 2.05) is 6.08 Å². The second kappa shape index (κ2) is 34.8. The molecule has 0 saturated carbocycles. The van der Waals surface area contributed by atoms with Crippen LogP contribution in [0.15, 0.2) is 12.2 Å². The van der Waals surface area contributed by atoms with Crippen LogP contribution in [0.1, 0.15) is 162 Å². The molecule has 0 aromatic rings. The summed E-state index contributed by atoms with van der Waals surface area (Å²) in [6.45, 7) is 1.58. The van der Waals surface area contributed by atoms with E-state index in [9.17, 15) is 61.0 Å². The monoisotopic (exact) mass is 982 g/mol. The fourth-order valence-electron chi connectivity index (χ4n) is 8.95. The first kappa shape index (κ1) is 60.8. The molecular formula is C49H91NO18. The van der Waals surface area contributed by atoms with Gasteiger partial charge in [-0.05, 0) is 19.3 Å². The molecule has 3 fully saturated rings. The Balaban J connectivity index is 1.47. The summed E-state index contributed by atoms with van der Waals surface area (Å²) >= 11 is 0. The average Bonchev–Trinajstić information content (AvgIpc) is 3.33. The third kappa shape index (κ3) is 20.6. The van der Waals surface area contributed by atoms with E-state index in [4.69, 9.17) is 28.4 Å². The third-order valence-corrected chi connectivity index (χ3v) is 13.3. The molecule has 1 amide bonds. The van der Waals surface area contributed by atoms with Gasteiger partial charge in [-0.15, -0.1) is 0 Å². The van der Waals surface area contributed by atoms with Crippen LogP contribution in [-0.2, 0) is 33.2 Å². The van der Waals surface area contributed by atoms with Crippen LogP contribution in [0.3, 0.4) is 0 Å². The van der Waals surface area contributed by atoms with Crippen molar-refractivity contribution in [2.24, 2.45) is 0 Å². The zero-order valence-corrected chi connectivity index (χ0v) is 40.8. The van der Waals surface area contributed by atoms with E-state index in [2.05, 4.69) is 19.2 Å². The summed E-state index contributed by atoms with van der Waals surface area (Å²) in [5.41, 5.74) is 0.